The molecule has 0 radical (unpaired) electrons. The third-order valence-electron chi connectivity index (χ3n) is 2.46. The number of halogens is 1. The molecule has 1 heterocycles. The van der Waals surface area contributed by atoms with Gasteiger partial charge in [0, 0.05) is 23.7 Å². The number of urea groups is 1. The van der Waals surface area contributed by atoms with Crippen molar-refractivity contribution < 1.29 is 14.3 Å². The molecule has 1 aliphatic rings. The van der Waals surface area contributed by atoms with Crippen molar-refractivity contribution in [3.63, 3.8) is 0 Å². The van der Waals surface area contributed by atoms with Crippen LogP contribution >= 0.6 is 11.6 Å². The van der Waals surface area contributed by atoms with Crippen LogP contribution in [0, 0.1) is 0 Å². The van der Waals surface area contributed by atoms with Crippen LogP contribution in [0.3, 0.4) is 0 Å². The molecule has 0 bridgehead atoms. The molecule has 0 aliphatic heterocycles. The molecule has 0 unspecified atom stereocenters. The number of primary amides is 1. The molecule has 1 aromatic heterocycles. The highest BCUT2D eigenvalue weighted by atomic mass is 35.5. The van der Waals surface area contributed by atoms with Crippen LogP contribution < -0.4 is 15.9 Å². The molecule has 0 spiro atoms. The third-order valence-corrected chi connectivity index (χ3v) is 2.70. The molecular formula is C13H11ClN4O3. The monoisotopic (exact) mass is 306 g/mol. The number of hydrogen-bond donors (Lipinski definition) is 2. The van der Waals surface area contributed by atoms with Gasteiger partial charge in [0.15, 0.2) is 12.0 Å². The highest BCUT2D eigenvalue weighted by Crippen LogP contribution is 2.21. The Kier molecular flexibility index (Phi) is 4.68. The Balaban J connectivity index is 2.34. The molecule has 2 amide bonds. The zero-order chi connectivity index (χ0) is 15.2. The van der Waals surface area contributed by atoms with Gasteiger partial charge >= 0.3 is 6.03 Å². The van der Waals surface area contributed by atoms with Gasteiger partial charge in [0.2, 0.25) is 5.88 Å². The number of nitrogens with zero attached hydrogens (tertiary/aromatic N) is 2. The number of amides is 2. The van der Waals surface area contributed by atoms with Crippen molar-refractivity contribution in [2.24, 2.45) is 10.8 Å². The SMILES string of the molecule is NC(=O)NN=C1CC=CC(C=O)=C1Oc1cc(Cl)ccn1. The average molecular weight is 307 g/mol. The number of nitrogens with two attached hydrogens (primary N) is 1. The van der Waals surface area contributed by atoms with Crippen molar-refractivity contribution in [2.45, 2.75) is 6.42 Å². The molecule has 7 nitrogen and oxygen atoms in total. The van der Waals surface area contributed by atoms with Gasteiger partial charge in [-0.1, -0.05) is 23.8 Å². The Morgan fingerprint density at radius 3 is 3.05 bits per heavy atom. The summed E-state index contributed by atoms with van der Waals surface area (Å²) < 4.78 is 5.56. The van der Waals surface area contributed by atoms with Gasteiger partial charge in [-0.3, -0.25) is 4.79 Å². The number of ether oxygens (including phenoxy) is 1. The summed E-state index contributed by atoms with van der Waals surface area (Å²) in [5.41, 5.74) is 7.69. The van der Waals surface area contributed by atoms with Crippen molar-refractivity contribution in [3.8, 4) is 5.88 Å². The summed E-state index contributed by atoms with van der Waals surface area (Å²) in [5, 5.41) is 4.26. The van der Waals surface area contributed by atoms with E-state index in [1.165, 1.54) is 12.3 Å². The fourth-order valence-corrected chi connectivity index (χ4v) is 1.76. The Bertz CT molecular complexity index is 667. The predicted octanol–water partition coefficient (Wildman–Crippen LogP) is 1.55. The van der Waals surface area contributed by atoms with Crippen LogP contribution in [0.4, 0.5) is 4.79 Å². The summed E-state index contributed by atoms with van der Waals surface area (Å²) in [6.07, 6.45) is 5.76. The summed E-state index contributed by atoms with van der Waals surface area (Å²) in [5.74, 6) is 0.398. The van der Waals surface area contributed by atoms with Crippen LogP contribution in [0.25, 0.3) is 0 Å². The number of carbonyl (C=O) groups excluding carboxylic acids is 2. The van der Waals surface area contributed by atoms with Gasteiger partial charge in [-0.15, -0.1) is 0 Å². The lowest BCUT2D eigenvalue weighted by Crippen LogP contribution is -2.27. The molecule has 1 aliphatic carbocycles. The van der Waals surface area contributed by atoms with Gasteiger partial charge < -0.3 is 10.5 Å². The van der Waals surface area contributed by atoms with E-state index < -0.39 is 6.03 Å². The van der Waals surface area contributed by atoms with Gasteiger partial charge in [-0.2, -0.15) is 5.10 Å². The predicted molar refractivity (Wildman–Crippen MR) is 76.9 cm³/mol. The maximum Gasteiger partial charge on any atom is 0.332 e. The van der Waals surface area contributed by atoms with Crippen molar-refractivity contribution in [1.82, 2.24) is 10.4 Å². The topological polar surface area (TPSA) is 107 Å². The zero-order valence-electron chi connectivity index (χ0n) is 10.7. The summed E-state index contributed by atoms with van der Waals surface area (Å²) in [6, 6.07) is 2.27. The molecule has 0 saturated heterocycles. The Labute approximate surface area is 125 Å². The van der Waals surface area contributed by atoms with E-state index >= 15 is 0 Å². The van der Waals surface area contributed by atoms with Gasteiger partial charge in [0.25, 0.3) is 0 Å². The number of aromatic nitrogens is 1. The summed E-state index contributed by atoms with van der Waals surface area (Å²) >= 11 is 5.85. The second-order valence-electron chi connectivity index (χ2n) is 3.96. The fraction of sp³-hybridized carbons (Fsp3) is 0.0769. The molecular weight excluding hydrogens is 296 g/mol. The Hall–Kier alpha value is -2.67. The van der Waals surface area contributed by atoms with Crippen LogP contribution in [-0.2, 0) is 4.79 Å². The molecule has 108 valence electrons. The van der Waals surface area contributed by atoms with Crippen LogP contribution in [-0.4, -0.2) is 23.0 Å². The fourth-order valence-electron chi connectivity index (χ4n) is 1.61. The van der Waals surface area contributed by atoms with Gasteiger partial charge in [0.1, 0.15) is 5.71 Å². The molecule has 2 rings (SSSR count). The highest BCUT2D eigenvalue weighted by Gasteiger charge is 2.18. The molecule has 1 aromatic rings. The van der Waals surface area contributed by atoms with E-state index in [0.29, 0.717) is 23.4 Å². The third kappa shape index (κ3) is 3.90. The second kappa shape index (κ2) is 6.67. The van der Waals surface area contributed by atoms with Crippen molar-refractivity contribution in [3.05, 3.63) is 46.8 Å². The molecule has 0 atom stereocenters. The molecule has 0 aromatic carbocycles. The number of rotatable bonds is 4. The number of hydrogen-bond acceptors (Lipinski definition) is 5. The first-order valence-electron chi connectivity index (χ1n) is 5.88. The van der Waals surface area contributed by atoms with E-state index in [4.69, 9.17) is 22.1 Å². The number of allylic oxidation sites excluding steroid dienone is 4. The molecule has 3 N–H and O–H groups in total. The standard InChI is InChI=1S/C13H11ClN4O3/c14-9-4-5-16-11(6-9)21-12-8(7-19)2-1-3-10(12)17-18-13(15)20/h1-2,4-7H,3H2,(H3,15,18,20). The number of aldehydes is 1. The quantitative estimate of drug-likeness (QED) is 0.650. The normalized spacial score (nSPS) is 16.0. The minimum absolute atomic E-state index is 0.191. The van der Waals surface area contributed by atoms with E-state index in [2.05, 4.69) is 15.5 Å². The van der Waals surface area contributed by atoms with E-state index in [1.807, 2.05) is 0 Å². The van der Waals surface area contributed by atoms with E-state index in [1.54, 1.807) is 18.2 Å². The first-order chi connectivity index (χ1) is 10.1. The average Bonchev–Trinajstić information content (AvgIpc) is 2.46. The Morgan fingerprint density at radius 1 is 1.57 bits per heavy atom. The lowest BCUT2D eigenvalue weighted by molar-refractivity contribution is -0.104. The lowest BCUT2D eigenvalue weighted by atomic mass is 10.0. The summed E-state index contributed by atoms with van der Waals surface area (Å²) in [4.78, 5) is 25.8. The molecule has 21 heavy (non-hydrogen) atoms. The van der Waals surface area contributed by atoms with Crippen LogP contribution in [0.15, 0.2) is 46.9 Å². The first-order valence-corrected chi connectivity index (χ1v) is 6.25. The number of hydrazone groups is 1. The highest BCUT2D eigenvalue weighted by molar-refractivity contribution is 6.30. The van der Waals surface area contributed by atoms with Crippen molar-refractivity contribution in [1.29, 1.82) is 0 Å². The second-order valence-corrected chi connectivity index (χ2v) is 4.39. The number of carbonyl (C=O) groups is 2. The number of nitrogens with one attached hydrogen (secondary N) is 1. The van der Waals surface area contributed by atoms with Gasteiger partial charge in [-0.25, -0.2) is 15.2 Å². The molecule has 0 fully saturated rings. The van der Waals surface area contributed by atoms with Gasteiger partial charge in [0.05, 0.1) is 5.57 Å². The smallest absolute Gasteiger partial charge is 0.332 e. The van der Waals surface area contributed by atoms with E-state index in [-0.39, 0.29) is 17.2 Å². The minimum atomic E-state index is -0.815. The van der Waals surface area contributed by atoms with Crippen LogP contribution in [0.1, 0.15) is 6.42 Å². The number of pyridine rings is 1. The van der Waals surface area contributed by atoms with Gasteiger partial charge in [-0.05, 0) is 6.07 Å². The van der Waals surface area contributed by atoms with Crippen LogP contribution in [0.2, 0.25) is 5.02 Å². The van der Waals surface area contributed by atoms with Crippen molar-refractivity contribution in [2.75, 3.05) is 0 Å². The summed E-state index contributed by atoms with van der Waals surface area (Å²) in [7, 11) is 0. The molecule has 0 saturated carbocycles. The minimum Gasteiger partial charge on any atom is -0.436 e. The van der Waals surface area contributed by atoms with Crippen LogP contribution in [0.5, 0.6) is 5.88 Å². The maximum absolute atomic E-state index is 11.1. The Morgan fingerprint density at radius 2 is 2.38 bits per heavy atom. The first kappa shape index (κ1) is 14.7. The largest absolute Gasteiger partial charge is 0.436 e. The van der Waals surface area contributed by atoms with E-state index in [9.17, 15) is 9.59 Å². The maximum atomic E-state index is 11.1. The van der Waals surface area contributed by atoms with Crippen molar-refractivity contribution >= 4 is 29.6 Å². The zero-order valence-corrected chi connectivity index (χ0v) is 11.5. The lowest BCUT2D eigenvalue weighted by Gasteiger charge is -2.15. The summed E-state index contributed by atoms with van der Waals surface area (Å²) in [6.45, 7) is 0. The van der Waals surface area contributed by atoms with E-state index in [0.717, 1.165) is 0 Å². The molecule has 8 heteroatoms.